The van der Waals surface area contributed by atoms with Crippen molar-refractivity contribution in [2.45, 2.75) is 105 Å². The minimum Gasteiger partial charge on any atom is -0.507 e. The van der Waals surface area contributed by atoms with E-state index >= 15 is 0 Å². The Balaban J connectivity index is 1.08. The van der Waals surface area contributed by atoms with Crippen LogP contribution in [0.1, 0.15) is 105 Å². The maximum atomic E-state index is 12.9. The summed E-state index contributed by atoms with van der Waals surface area (Å²) in [6.07, 6.45) is 0. The Morgan fingerprint density at radius 3 is 1.29 bits per heavy atom. The summed E-state index contributed by atoms with van der Waals surface area (Å²) >= 11 is 0. The molecule has 0 bridgehead atoms. The van der Waals surface area contributed by atoms with Crippen LogP contribution in [0.25, 0.3) is 134 Å². The van der Waals surface area contributed by atoms with Gasteiger partial charge < -0.3 is 5.11 Å². The number of phenolic OH excluding ortho intramolecular Hbond substituents is 1. The highest BCUT2D eigenvalue weighted by Crippen LogP contribution is 2.51. The van der Waals surface area contributed by atoms with Gasteiger partial charge in [0.05, 0.1) is 39.0 Å². The van der Waals surface area contributed by atoms with Crippen LogP contribution < -0.4 is 0 Å². The first-order valence-electron chi connectivity index (χ1n) is 31.4. The predicted octanol–water partition coefficient (Wildman–Crippen LogP) is 22.6. The van der Waals surface area contributed by atoms with Gasteiger partial charge in [-0.25, -0.2) is 9.97 Å². The standard InChI is InChI=1S/C84H76N4O/c1-81(2,3)56-42-43-74(67(47-56)53-30-17-14-18-31-53)87-75-41-27-39-60(77(75)86-80(87)70-48-58(83(7,8)9)49-71(78(70)89)84(10,11)12)54-44-55(46-57(45-54)82(4,5)6)79-85-72-50-68-65-37-23-21-35-63(65)61-33-19-20-34-62(61)64-36-22-24-38-66(64)69(68)51-76(72)88(79)73-40-26-25-32-59(73)52-28-15-13-16-29-52/h13-51,89H,1-12H3. The lowest BCUT2D eigenvalue weighted by Gasteiger charge is -2.28. The predicted molar refractivity (Wildman–Crippen MR) is 375 cm³/mol. The number of hydrogen-bond donors (Lipinski definition) is 1. The van der Waals surface area contributed by atoms with Gasteiger partial charge in [-0.3, -0.25) is 9.13 Å². The average molecular weight is 1160 g/mol. The molecule has 2 aromatic heterocycles. The second kappa shape index (κ2) is 21.2. The number of aromatic nitrogens is 4. The van der Waals surface area contributed by atoms with E-state index in [1.165, 1.54) is 44.5 Å². The van der Waals surface area contributed by atoms with E-state index in [0.29, 0.717) is 11.4 Å². The maximum Gasteiger partial charge on any atom is 0.149 e. The number of aromatic hydroxyl groups is 1. The second-order valence-corrected chi connectivity index (χ2v) is 28.4. The third-order valence-electron chi connectivity index (χ3n) is 18.2. The highest BCUT2D eigenvalue weighted by atomic mass is 16.3. The van der Waals surface area contributed by atoms with E-state index in [4.69, 9.17) is 9.97 Å². The van der Waals surface area contributed by atoms with Gasteiger partial charge in [-0.1, -0.05) is 265 Å². The van der Waals surface area contributed by atoms with E-state index in [1.54, 1.807) is 0 Å². The molecule has 89 heavy (non-hydrogen) atoms. The molecule has 14 rings (SSSR count). The smallest absolute Gasteiger partial charge is 0.149 e. The normalized spacial score (nSPS) is 12.5. The van der Waals surface area contributed by atoms with Gasteiger partial charge in [0, 0.05) is 27.8 Å². The Labute approximate surface area is 524 Å². The van der Waals surface area contributed by atoms with Gasteiger partial charge in [-0.2, -0.15) is 0 Å². The number of nitrogens with zero attached hydrogens (tertiary/aromatic N) is 4. The van der Waals surface area contributed by atoms with Crippen LogP contribution in [0.15, 0.2) is 237 Å². The molecule has 0 amide bonds. The third-order valence-corrected chi connectivity index (χ3v) is 18.2. The van der Waals surface area contributed by atoms with Crippen molar-refractivity contribution in [3.8, 4) is 118 Å². The first-order chi connectivity index (χ1) is 42.6. The van der Waals surface area contributed by atoms with Crippen LogP contribution in [-0.4, -0.2) is 24.2 Å². The van der Waals surface area contributed by atoms with Crippen molar-refractivity contribution in [2.75, 3.05) is 0 Å². The summed E-state index contributed by atoms with van der Waals surface area (Å²) in [6.45, 7) is 27.0. The molecule has 0 atom stereocenters. The van der Waals surface area contributed by atoms with Gasteiger partial charge in [0.25, 0.3) is 0 Å². The van der Waals surface area contributed by atoms with Gasteiger partial charge in [0.15, 0.2) is 0 Å². The maximum absolute atomic E-state index is 12.9. The zero-order valence-electron chi connectivity index (χ0n) is 53.3. The van der Waals surface area contributed by atoms with Crippen molar-refractivity contribution < 1.29 is 5.11 Å². The molecule has 0 unspecified atom stereocenters. The van der Waals surface area contributed by atoms with Crippen molar-refractivity contribution in [1.29, 1.82) is 0 Å². The zero-order chi connectivity index (χ0) is 61.9. The number of rotatable bonds is 7. The minimum absolute atomic E-state index is 0.114. The quantitative estimate of drug-likeness (QED) is 0.173. The molecule has 1 aliphatic rings. The summed E-state index contributed by atoms with van der Waals surface area (Å²) in [4.78, 5) is 11.8. The molecule has 2 heterocycles. The zero-order valence-corrected chi connectivity index (χ0v) is 53.3. The van der Waals surface area contributed by atoms with Crippen molar-refractivity contribution in [3.63, 3.8) is 0 Å². The van der Waals surface area contributed by atoms with Crippen molar-refractivity contribution >= 4 is 22.1 Å². The third kappa shape index (κ3) is 9.98. The first-order valence-corrected chi connectivity index (χ1v) is 31.4. The lowest BCUT2D eigenvalue weighted by Crippen LogP contribution is -2.17. The van der Waals surface area contributed by atoms with Crippen LogP contribution in [-0.2, 0) is 21.7 Å². The molecule has 0 saturated carbocycles. The largest absolute Gasteiger partial charge is 0.507 e. The van der Waals surface area contributed by atoms with Crippen molar-refractivity contribution in [3.05, 3.63) is 259 Å². The van der Waals surface area contributed by atoms with Gasteiger partial charge in [-0.05, 0) is 154 Å². The monoisotopic (exact) mass is 1160 g/mol. The van der Waals surface area contributed by atoms with Gasteiger partial charge in [0.2, 0.25) is 0 Å². The fourth-order valence-electron chi connectivity index (χ4n) is 13.4. The Bertz CT molecular complexity index is 4930. The van der Waals surface area contributed by atoms with E-state index in [1.807, 2.05) is 0 Å². The summed E-state index contributed by atoms with van der Waals surface area (Å²) in [5.41, 5.74) is 26.7. The van der Waals surface area contributed by atoms with E-state index in [9.17, 15) is 5.11 Å². The van der Waals surface area contributed by atoms with Gasteiger partial charge in [-0.15, -0.1) is 0 Å². The lowest BCUT2D eigenvalue weighted by atomic mass is 9.79. The molecular formula is C84H76N4O. The molecule has 5 heteroatoms. The van der Waals surface area contributed by atoms with Crippen LogP contribution in [0.5, 0.6) is 5.75 Å². The molecule has 438 valence electrons. The van der Waals surface area contributed by atoms with Crippen molar-refractivity contribution in [2.24, 2.45) is 0 Å². The molecule has 0 aliphatic heterocycles. The van der Waals surface area contributed by atoms with Crippen LogP contribution in [0, 0.1) is 0 Å². The van der Waals surface area contributed by atoms with Gasteiger partial charge in [0.1, 0.15) is 17.4 Å². The average Bonchev–Trinajstić information content (AvgIpc) is 1.72. The molecular weight excluding hydrogens is 1080 g/mol. The molecule has 5 nitrogen and oxygen atoms in total. The van der Waals surface area contributed by atoms with Crippen LogP contribution in [0.2, 0.25) is 0 Å². The molecule has 13 aromatic rings. The summed E-state index contributed by atoms with van der Waals surface area (Å²) in [5.74, 6) is 1.75. The molecule has 1 aliphatic carbocycles. The Hall–Kier alpha value is -9.84. The SMILES string of the molecule is CC(C)(C)c1cc(-c2cccc3c2nc(-c2cc(C(C)(C)C)cc(C(C)(C)C)c2O)n3-c2ccc(C(C)(C)C)cc2-c2ccccc2)cc(-c2nc3cc4c(cc3n2-c2ccccc2-c2ccccc2)-c2ccccc2-c2ccccc2-c2ccccc2-4)c1. The topological polar surface area (TPSA) is 55.9 Å². The highest BCUT2D eigenvalue weighted by molar-refractivity contribution is 6.07. The molecule has 0 radical (unpaired) electrons. The first kappa shape index (κ1) is 56.9. The number of benzene rings is 11. The Kier molecular flexibility index (Phi) is 13.6. The van der Waals surface area contributed by atoms with E-state index in [2.05, 4.69) is 329 Å². The minimum atomic E-state index is -0.369. The fraction of sp³-hybridized carbons (Fsp3) is 0.190. The number of hydrogen-bond acceptors (Lipinski definition) is 3. The molecule has 1 N–H and O–H groups in total. The van der Waals surface area contributed by atoms with Crippen LogP contribution in [0.4, 0.5) is 0 Å². The van der Waals surface area contributed by atoms with E-state index in [0.717, 1.165) is 100 Å². The lowest BCUT2D eigenvalue weighted by molar-refractivity contribution is 0.446. The van der Waals surface area contributed by atoms with Gasteiger partial charge >= 0.3 is 0 Å². The molecule has 0 spiro atoms. The highest BCUT2D eigenvalue weighted by Gasteiger charge is 2.32. The summed E-state index contributed by atoms with van der Waals surface area (Å²) in [7, 11) is 0. The number of imidazole rings is 2. The summed E-state index contributed by atoms with van der Waals surface area (Å²) in [5, 5.41) is 12.9. The molecule has 11 aromatic carbocycles. The fourth-order valence-corrected chi connectivity index (χ4v) is 13.4. The molecule has 0 fully saturated rings. The van der Waals surface area contributed by atoms with Crippen LogP contribution >= 0.6 is 0 Å². The molecule has 0 saturated heterocycles. The van der Waals surface area contributed by atoms with Crippen LogP contribution in [0.3, 0.4) is 0 Å². The van der Waals surface area contributed by atoms with E-state index in [-0.39, 0.29) is 27.4 Å². The number of para-hydroxylation sites is 2. The van der Waals surface area contributed by atoms with Crippen molar-refractivity contribution in [1.82, 2.24) is 19.1 Å². The number of phenols is 1. The Morgan fingerprint density at radius 1 is 0.281 bits per heavy atom. The Morgan fingerprint density at radius 2 is 0.730 bits per heavy atom. The summed E-state index contributed by atoms with van der Waals surface area (Å²) in [6, 6.07) is 86.5. The summed E-state index contributed by atoms with van der Waals surface area (Å²) < 4.78 is 4.74. The number of fused-ring (bicyclic) bond motifs is 10. The second-order valence-electron chi connectivity index (χ2n) is 28.4. The van der Waals surface area contributed by atoms with E-state index < -0.39 is 0 Å².